The fraction of sp³-hybridized carbons (Fsp3) is 0.364. The summed E-state index contributed by atoms with van der Waals surface area (Å²) in [7, 11) is 1.56. The monoisotopic (exact) mass is 382 g/mol. The van der Waals surface area contributed by atoms with E-state index in [2.05, 4.69) is 5.32 Å². The summed E-state index contributed by atoms with van der Waals surface area (Å²) in [5.41, 5.74) is 2.45. The zero-order valence-corrected chi connectivity index (χ0v) is 16.4. The molecule has 0 spiro atoms. The van der Waals surface area contributed by atoms with E-state index in [1.807, 2.05) is 67.3 Å². The topological polar surface area (TPSA) is 78.9 Å². The average molecular weight is 382 g/mol. The van der Waals surface area contributed by atoms with Crippen LogP contribution in [0.5, 0.6) is 5.75 Å². The van der Waals surface area contributed by atoms with Gasteiger partial charge in [0.25, 0.3) is 0 Å². The molecule has 148 valence electrons. The third kappa shape index (κ3) is 4.17. The summed E-state index contributed by atoms with van der Waals surface area (Å²) in [6.45, 7) is 4.76. The van der Waals surface area contributed by atoms with Gasteiger partial charge in [-0.3, -0.25) is 14.5 Å². The Labute approximate surface area is 165 Å². The van der Waals surface area contributed by atoms with E-state index in [0.717, 1.165) is 11.1 Å². The van der Waals surface area contributed by atoms with Gasteiger partial charge in [-0.15, -0.1) is 0 Å². The number of likely N-dealkylation sites (tertiary alicyclic amines) is 1. The van der Waals surface area contributed by atoms with Crippen LogP contribution in [-0.4, -0.2) is 42.1 Å². The maximum Gasteiger partial charge on any atom is 0.308 e. The van der Waals surface area contributed by atoms with Crippen molar-refractivity contribution in [2.75, 3.05) is 25.5 Å². The fourth-order valence-electron chi connectivity index (χ4n) is 3.82. The molecule has 6 nitrogen and oxygen atoms in total. The number of carbonyl (C=O) groups is 2. The lowest BCUT2D eigenvalue weighted by Gasteiger charge is -2.27. The van der Waals surface area contributed by atoms with Crippen LogP contribution in [0.25, 0.3) is 0 Å². The molecule has 1 unspecified atom stereocenters. The Balaban J connectivity index is 1.91. The van der Waals surface area contributed by atoms with Crippen LogP contribution in [0, 0.1) is 18.8 Å². The lowest BCUT2D eigenvalue weighted by Crippen LogP contribution is -2.36. The molecular weight excluding hydrogens is 356 g/mol. The first-order chi connectivity index (χ1) is 13.4. The van der Waals surface area contributed by atoms with Gasteiger partial charge in [0.15, 0.2) is 0 Å². The number of benzene rings is 2. The lowest BCUT2D eigenvalue weighted by atomic mass is 9.99. The van der Waals surface area contributed by atoms with Crippen LogP contribution < -0.4 is 10.1 Å². The summed E-state index contributed by atoms with van der Waals surface area (Å²) in [5, 5.41) is 12.5. The number of ether oxygens (including phenoxy) is 1. The Morgan fingerprint density at radius 2 is 1.89 bits per heavy atom. The molecule has 28 heavy (non-hydrogen) atoms. The molecule has 1 saturated heterocycles. The first-order valence-electron chi connectivity index (χ1n) is 9.38. The number of nitrogens with one attached hydrogen (secondary N) is 1. The van der Waals surface area contributed by atoms with Crippen molar-refractivity contribution >= 4 is 17.6 Å². The van der Waals surface area contributed by atoms with E-state index in [-0.39, 0.29) is 11.8 Å². The molecule has 1 heterocycles. The molecular formula is C22H26N2O4. The van der Waals surface area contributed by atoms with Crippen LogP contribution in [0.1, 0.15) is 24.1 Å². The molecule has 0 radical (unpaired) electrons. The van der Waals surface area contributed by atoms with Crippen molar-refractivity contribution in [1.29, 1.82) is 0 Å². The zero-order valence-electron chi connectivity index (χ0n) is 16.4. The molecule has 0 aromatic heterocycles. The number of hydrogen-bond donors (Lipinski definition) is 2. The highest BCUT2D eigenvalue weighted by Crippen LogP contribution is 2.33. The van der Waals surface area contributed by atoms with Crippen LogP contribution in [0.3, 0.4) is 0 Å². The number of nitrogens with zero attached hydrogens (tertiary/aromatic N) is 1. The zero-order chi connectivity index (χ0) is 20.3. The van der Waals surface area contributed by atoms with Crippen molar-refractivity contribution in [1.82, 2.24) is 4.90 Å². The highest BCUT2D eigenvalue weighted by atomic mass is 16.5. The third-order valence-electron chi connectivity index (χ3n) is 5.30. The number of methoxy groups -OCH3 is 1. The fourth-order valence-corrected chi connectivity index (χ4v) is 3.82. The number of aryl methyl sites for hydroxylation is 1. The summed E-state index contributed by atoms with van der Waals surface area (Å²) >= 11 is 0. The molecule has 0 aliphatic carbocycles. The van der Waals surface area contributed by atoms with E-state index in [1.54, 1.807) is 7.11 Å². The van der Waals surface area contributed by atoms with Gasteiger partial charge in [0.05, 0.1) is 18.7 Å². The van der Waals surface area contributed by atoms with Crippen molar-refractivity contribution in [3.8, 4) is 5.75 Å². The van der Waals surface area contributed by atoms with E-state index in [1.165, 1.54) is 0 Å². The Bertz CT molecular complexity index is 853. The van der Waals surface area contributed by atoms with Gasteiger partial charge in [0.2, 0.25) is 5.91 Å². The summed E-state index contributed by atoms with van der Waals surface area (Å²) in [6.07, 6.45) is 0. The maximum atomic E-state index is 13.3. The molecule has 3 rings (SSSR count). The molecule has 3 atom stereocenters. The van der Waals surface area contributed by atoms with E-state index >= 15 is 0 Å². The van der Waals surface area contributed by atoms with E-state index in [4.69, 9.17) is 4.74 Å². The second-order valence-corrected chi connectivity index (χ2v) is 7.38. The second-order valence-electron chi connectivity index (χ2n) is 7.38. The van der Waals surface area contributed by atoms with Gasteiger partial charge < -0.3 is 15.2 Å². The molecule has 2 N–H and O–H groups in total. The van der Waals surface area contributed by atoms with Crippen molar-refractivity contribution in [3.05, 3.63) is 59.7 Å². The number of amides is 1. The number of hydrogen-bond acceptors (Lipinski definition) is 4. The van der Waals surface area contributed by atoms with Crippen LogP contribution in [-0.2, 0) is 9.59 Å². The molecule has 1 amide bonds. The molecule has 2 aromatic carbocycles. The van der Waals surface area contributed by atoms with E-state index < -0.39 is 17.9 Å². The predicted octanol–water partition coefficient (Wildman–Crippen LogP) is 3.34. The number of aliphatic carboxylic acids is 1. The van der Waals surface area contributed by atoms with Gasteiger partial charge in [-0.2, -0.15) is 0 Å². The number of anilines is 1. The highest BCUT2D eigenvalue weighted by Gasteiger charge is 2.40. The first kappa shape index (κ1) is 19.9. The van der Waals surface area contributed by atoms with E-state index in [9.17, 15) is 14.7 Å². The van der Waals surface area contributed by atoms with Gasteiger partial charge in [0, 0.05) is 13.1 Å². The Morgan fingerprint density at radius 3 is 2.50 bits per heavy atom. The van der Waals surface area contributed by atoms with Gasteiger partial charge in [-0.25, -0.2) is 0 Å². The van der Waals surface area contributed by atoms with Gasteiger partial charge >= 0.3 is 5.97 Å². The molecule has 0 bridgehead atoms. The number of carboxylic acids is 1. The minimum atomic E-state index is -0.817. The maximum absolute atomic E-state index is 13.3. The molecule has 2 aromatic rings. The first-order valence-corrected chi connectivity index (χ1v) is 9.38. The second kappa shape index (κ2) is 8.44. The van der Waals surface area contributed by atoms with Gasteiger partial charge in [-0.05, 0) is 36.1 Å². The number of carboxylic acid groups (broad SMARTS) is 1. The number of carbonyl (C=O) groups excluding carboxylic acids is 1. The van der Waals surface area contributed by atoms with Crippen molar-refractivity contribution < 1.29 is 19.4 Å². The normalized spacial score (nSPS) is 20.5. The SMILES string of the molecule is COc1ccc(C)cc1NC(=O)C(c1ccccc1)N1C[C@@H](C)[C@H](C(=O)O)C1. The summed E-state index contributed by atoms with van der Waals surface area (Å²) in [4.78, 5) is 26.8. The van der Waals surface area contributed by atoms with Crippen LogP contribution in [0.15, 0.2) is 48.5 Å². The Hall–Kier alpha value is -2.86. The minimum Gasteiger partial charge on any atom is -0.495 e. The molecule has 1 fully saturated rings. The summed E-state index contributed by atoms with van der Waals surface area (Å²) in [6, 6.07) is 14.5. The van der Waals surface area contributed by atoms with Gasteiger partial charge in [0.1, 0.15) is 11.8 Å². The largest absolute Gasteiger partial charge is 0.495 e. The lowest BCUT2D eigenvalue weighted by molar-refractivity contribution is -0.142. The summed E-state index contributed by atoms with van der Waals surface area (Å²) < 4.78 is 5.37. The minimum absolute atomic E-state index is 0.0231. The molecule has 1 aliphatic heterocycles. The van der Waals surface area contributed by atoms with Crippen LogP contribution in [0.2, 0.25) is 0 Å². The molecule has 0 saturated carbocycles. The Kier molecular flexibility index (Phi) is 5.99. The highest BCUT2D eigenvalue weighted by molar-refractivity contribution is 5.97. The van der Waals surface area contributed by atoms with Crippen LogP contribution in [0.4, 0.5) is 5.69 Å². The molecule has 1 aliphatic rings. The Morgan fingerprint density at radius 1 is 1.18 bits per heavy atom. The quantitative estimate of drug-likeness (QED) is 0.801. The predicted molar refractivity (Wildman–Crippen MR) is 107 cm³/mol. The third-order valence-corrected chi connectivity index (χ3v) is 5.30. The number of rotatable bonds is 6. The smallest absolute Gasteiger partial charge is 0.308 e. The van der Waals surface area contributed by atoms with Crippen molar-refractivity contribution in [2.45, 2.75) is 19.9 Å². The average Bonchev–Trinajstić information content (AvgIpc) is 3.04. The molecule has 6 heteroatoms. The van der Waals surface area contributed by atoms with Crippen molar-refractivity contribution in [2.24, 2.45) is 11.8 Å². The van der Waals surface area contributed by atoms with E-state index in [0.29, 0.717) is 24.5 Å². The standard InChI is InChI=1S/C22H26N2O4/c1-14-9-10-19(28-3)18(11-14)23-21(25)20(16-7-5-4-6-8-16)24-12-15(2)17(13-24)22(26)27/h4-11,15,17,20H,12-13H2,1-3H3,(H,23,25)(H,26,27)/t15-,17-,20?/m1/s1. The van der Waals surface area contributed by atoms with Crippen LogP contribution >= 0.6 is 0 Å². The van der Waals surface area contributed by atoms with Crippen molar-refractivity contribution in [3.63, 3.8) is 0 Å². The summed E-state index contributed by atoms with van der Waals surface area (Å²) in [5.74, 6) is -0.933. The van der Waals surface area contributed by atoms with Gasteiger partial charge in [-0.1, -0.05) is 43.3 Å².